The molecule has 0 unspecified atom stereocenters. The SMILES string of the molecule is CC(C)(C#N)C(=O)OC1CCCCC1. The van der Waals surface area contributed by atoms with Gasteiger partial charge in [0.1, 0.15) is 11.5 Å². The number of carbonyl (C=O) groups is 1. The minimum Gasteiger partial charge on any atom is -0.461 e. The van der Waals surface area contributed by atoms with Crippen molar-refractivity contribution in [2.24, 2.45) is 5.41 Å². The van der Waals surface area contributed by atoms with Gasteiger partial charge in [0.15, 0.2) is 0 Å². The average Bonchev–Trinajstić information content (AvgIpc) is 2.19. The molecule has 3 heteroatoms. The lowest BCUT2D eigenvalue weighted by Crippen LogP contribution is -2.30. The van der Waals surface area contributed by atoms with Crippen molar-refractivity contribution in [3.05, 3.63) is 0 Å². The van der Waals surface area contributed by atoms with Gasteiger partial charge in [-0.2, -0.15) is 5.26 Å². The average molecular weight is 195 g/mol. The van der Waals surface area contributed by atoms with Crippen molar-refractivity contribution in [1.82, 2.24) is 0 Å². The third-order valence-corrected chi connectivity index (χ3v) is 2.62. The molecule has 0 spiro atoms. The zero-order chi connectivity index (χ0) is 10.6. The number of nitriles is 1. The summed E-state index contributed by atoms with van der Waals surface area (Å²) in [5.41, 5.74) is -1.00. The van der Waals surface area contributed by atoms with Gasteiger partial charge in [-0.1, -0.05) is 6.42 Å². The first-order chi connectivity index (χ1) is 6.56. The van der Waals surface area contributed by atoms with Crippen LogP contribution >= 0.6 is 0 Å². The monoisotopic (exact) mass is 195 g/mol. The lowest BCUT2D eigenvalue weighted by atomic mass is 9.94. The van der Waals surface area contributed by atoms with Gasteiger partial charge in [0.2, 0.25) is 0 Å². The van der Waals surface area contributed by atoms with Gasteiger partial charge in [0.05, 0.1) is 6.07 Å². The number of hydrogen-bond donors (Lipinski definition) is 0. The molecule has 0 amide bonds. The third kappa shape index (κ3) is 2.73. The van der Waals surface area contributed by atoms with Crippen molar-refractivity contribution in [1.29, 1.82) is 5.26 Å². The van der Waals surface area contributed by atoms with E-state index in [9.17, 15) is 4.79 Å². The lowest BCUT2D eigenvalue weighted by Gasteiger charge is -2.24. The van der Waals surface area contributed by atoms with Crippen LogP contribution < -0.4 is 0 Å². The third-order valence-electron chi connectivity index (χ3n) is 2.62. The zero-order valence-corrected chi connectivity index (χ0v) is 8.88. The Bertz CT molecular complexity index is 247. The summed E-state index contributed by atoms with van der Waals surface area (Å²) in [6.45, 7) is 3.19. The Morgan fingerprint density at radius 3 is 2.43 bits per heavy atom. The number of esters is 1. The van der Waals surface area contributed by atoms with E-state index in [0.29, 0.717) is 0 Å². The van der Waals surface area contributed by atoms with E-state index in [2.05, 4.69) is 0 Å². The maximum atomic E-state index is 11.5. The Kier molecular flexibility index (Phi) is 3.51. The molecular formula is C11H17NO2. The zero-order valence-electron chi connectivity index (χ0n) is 8.88. The fraction of sp³-hybridized carbons (Fsp3) is 0.818. The number of ether oxygens (including phenoxy) is 1. The summed E-state index contributed by atoms with van der Waals surface area (Å²) in [6, 6.07) is 1.96. The van der Waals surface area contributed by atoms with E-state index in [4.69, 9.17) is 10.00 Å². The molecule has 1 fully saturated rings. The molecule has 0 aromatic rings. The predicted molar refractivity (Wildman–Crippen MR) is 52.4 cm³/mol. The normalized spacial score (nSPS) is 18.6. The van der Waals surface area contributed by atoms with Crippen LogP contribution in [0, 0.1) is 16.7 Å². The van der Waals surface area contributed by atoms with Gasteiger partial charge in [-0.25, -0.2) is 0 Å². The Hall–Kier alpha value is -1.04. The quantitative estimate of drug-likeness (QED) is 0.636. The summed E-state index contributed by atoms with van der Waals surface area (Å²) in [7, 11) is 0. The van der Waals surface area contributed by atoms with E-state index in [-0.39, 0.29) is 12.1 Å². The fourth-order valence-corrected chi connectivity index (χ4v) is 1.53. The van der Waals surface area contributed by atoms with Crippen LogP contribution in [0.4, 0.5) is 0 Å². The van der Waals surface area contributed by atoms with Crippen LogP contribution in [-0.4, -0.2) is 12.1 Å². The molecule has 3 nitrogen and oxygen atoms in total. The minimum absolute atomic E-state index is 0.0453. The molecule has 0 saturated heterocycles. The van der Waals surface area contributed by atoms with Gasteiger partial charge in [0.25, 0.3) is 0 Å². The van der Waals surface area contributed by atoms with E-state index >= 15 is 0 Å². The molecule has 1 saturated carbocycles. The van der Waals surface area contributed by atoms with Crippen molar-refractivity contribution in [2.45, 2.75) is 52.1 Å². The number of rotatable bonds is 2. The Morgan fingerprint density at radius 1 is 1.36 bits per heavy atom. The Morgan fingerprint density at radius 2 is 1.93 bits per heavy atom. The molecule has 0 N–H and O–H groups in total. The summed E-state index contributed by atoms with van der Waals surface area (Å²) in [5.74, 6) is -0.382. The molecule has 0 aliphatic heterocycles. The Labute approximate surface area is 85.1 Å². The standard InChI is InChI=1S/C11H17NO2/c1-11(2,8-12)10(13)14-9-6-4-3-5-7-9/h9H,3-7H2,1-2H3. The molecular weight excluding hydrogens is 178 g/mol. The highest BCUT2D eigenvalue weighted by atomic mass is 16.5. The first-order valence-electron chi connectivity index (χ1n) is 5.18. The van der Waals surface area contributed by atoms with Crippen LogP contribution in [0.15, 0.2) is 0 Å². The summed E-state index contributed by atoms with van der Waals surface area (Å²) in [4.78, 5) is 11.5. The lowest BCUT2D eigenvalue weighted by molar-refractivity contribution is -0.157. The fourth-order valence-electron chi connectivity index (χ4n) is 1.53. The second kappa shape index (κ2) is 4.45. The van der Waals surface area contributed by atoms with Crippen LogP contribution in [0.25, 0.3) is 0 Å². The summed E-state index contributed by atoms with van der Waals surface area (Å²) >= 11 is 0. The summed E-state index contributed by atoms with van der Waals surface area (Å²) < 4.78 is 5.29. The molecule has 1 aliphatic rings. The molecule has 0 atom stereocenters. The number of hydrogen-bond acceptors (Lipinski definition) is 3. The van der Waals surface area contributed by atoms with Gasteiger partial charge in [-0.3, -0.25) is 4.79 Å². The highest BCUT2D eigenvalue weighted by Crippen LogP contribution is 2.24. The maximum Gasteiger partial charge on any atom is 0.326 e. The topological polar surface area (TPSA) is 50.1 Å². The first-order valence-corrected chi connectivity index (χ1v) is 5.18. The van der Waals surface area contributed by atoms with Crippen LogP contribution in [0.3, 0.4) is 0 Å². The highest BCUT2D eigenvalue weighted by Gasteiger charge is 2.31. The molecule has 0 bridgehead atoms. The second-order valence-electron chi connectivity index (χ2n) is 4.40. The van der Waals surface area contributed by atoms with Crippen molar-refractivity contribution in [3.63, 3.8) is 0 Å². The van der Waals surface area contributed by atoms with Crippen LogP contribution in [-0.2, 0) is 9.53 Å². The molecule has 1 aliphatic carbocycles. The molecule has 0 aromatic carbocycles. The summed E-state index contributed by atoms with van der Waals surface area (Å²) in [6.07, 6.45) is 5.44. The van der Waals surface area contributed by atoms with Gasteiger partial charge in [-0.05, 0) is 39.5 Å². The smallest absolute Gasteiger partial charge is 0.326 e. The second-order valence-corrected chi connectivity index (χ2v) is 4.40. The summed E-state index contributed by atoms with van der Waals surface area (Å²) in [5, 5.41) is 8.74. The van der Waals surface area contributed by atoms with Crippen molar-refractivity contribution in [3.8, 4) is 6.07 Å². The predicted octanol–water partition coefficient (Wildman–Crippen LogP) is 2.41. The van der Waals surface area contributed by atoms with E-state index in [1.165, 1.54) is 6.42 Å². The van der Waals surface area contributed by atoms with Gasteiger partial charge >= 0.3 is 5.97 Å². The van der Waals surface area contributed by atoms with Crippen molar-refractivity contribution in [2.75, 3.05) is 0 Å². The van der Waals surface area contributed by atoms with Crippen LogP contribution in [0.1, 0.15) is 46.0 Å². The van der Waals surface area contributed by atoms with Crippen molar-refractivity contribution >= 4 is 5.97 Å². The van der Waals surface area contributed by atoms with E-state index < -0.39 is 5.41 Å². The minimum atomic E-state index is -1.00. The largest absolute Gasteiger partial charge is 0.461 e. The molecule has 78 valence electrons. The van der Waals surface area contributed by atoms with E-state index in [0.717, 1.165) is 25.7 Å². The maximum absolute atomic E-state index is 11.5. The van der Waals surface area contributed by atoms with Gasteiger partial charge in [-0.15, -0.1) is 0 Å². The molecule has 0 radical (unpaired) electrons. The highest BCUT2D eigenvalue weighted by molar-refractivity contribution is 5.79. The molecule has 0 aromatic heterocycles. The molecule has 0 heterocycles. The number of nitrogens with zero attached hydrogens (tertiary/aromatic N) is 1. The van der Waals surface area contributed by atoms with E-state index in [1.54, 1.807) is 13.8 Å². The Balaban J connectivity index is 2.44. The van der Waals surface area contributed by atoms with Gasteiger partial charge in [0, 0.05) is 0 Å². The van der Waals surface area contributed by atoms with Gasteiger partial charge < -0.3 is 4.74 Å². The molecule has 14 heavy (non-hydrogen) atoms. The first kappa shape index (κ1) is 11.0. The van der Waals surface area contributed by atoms with Crippen LogP contribution in [0.5, 0.6) is 0 Å². The molecule has 1 rings (SSSR count). The van der Waals surface area contributed by atoms with Crippen molar-refractivity contribution < 1.29 is 9.53 Å². The van der Waals surface area contributed by atoms with Crippen LogP contribution in [0.2, 0.25) is 0 Å². The number of carbonyl (C=O) groups excluding carboxylic acids is 1. The van der Waals surface area contributed by atoms with E-state index in [1.807, 2.05) is 6.07 Å².